The lowest BCUT2D eigenvalue weighted by molar-refractivity contribution is 0.165. The molecule has 0 bridgehead atoms. The summed E-state index contributed by atoms with van der Waals surface area (Å²) in [7, 11) is -0.272. The molecule has 0 aliphatic carbocycles. The van der Waals surface area contributed by atoms with Gasteiger partial charge in [0.25, 0.3) is 0 Å². The Bertz CT molecular complexity index is 850. The van der Waals surface area contributed by atoms with Crippen LogP contribution in [0.5, 0.6) is 5.75 Å². The van der Waals surface area contributed by atoms with E-state index in [1.807, 2.05) is 0 Å². The van der Waals surface area contributed by atoms with Crippen LogP contribution in [-0.2, 0) is 23.2 Å². The van der Waals surface area contributed by atoms with Gasteiger partial charge in [-0.15, -0.1) is 0 Å². The summed E-state index contributed by atoms with van der Waals surface area (Å²) in [5.74, 6) is -0.124. The van der Waals surface area contributed by atoms with Crippen LogP contribution in [0.3, 0.4) is 0 Å². The van der Waals surface area contributed by atoms with Gasteiger partial charge in [-0.1, -0.05) is 24.3 Å². The normalized spacial score (nSPS) is 11.1. The van der Waals surface area contributed by atoms with Crippen LogP contribution in [0.1, 0.15) is 11.1 Å². The fourth-order valence-electron chi connectivity index (χ4n) is 2.33. The number of halogens is 1. The van der Waals surface area contributed by atoms with Gasteiger partial charge in [0.1, 0.15) is 11.6 Å². The van der Waals surface area contributed by atoms with Crippen LogP contribution in [0, 0.1) is 5.82 Å². The van der Waals surface area contributed by atoms with Gasteiger partial charge >= 0.3 is 16.1 Å². The monoisotopic (exact) mass is 380 g/mol. The SMILES string of the molecule is CN(C)C(=O)N(Cc1ccc(F)cc1)Cc1ccc(OS(C)(=O)=O)cc1. The van der Waals surface area contributed by atoms with Gasteiger partial charge < -0.3 is 14.0 Å². The molecule has 8 heteroatoms. The van der Waals surface area contributed by atoms with Crippen molar-refractivity contribution in [2.45, 2.75) is 13.1 Å². The third kappa shape index (κ3) is 6.03. The lowest BCUT2D eigenvalue weighted by atomic mass is 10.1. The molecule has 0 atom stereocenters. The molecule has 26 heavy (non-hydrogen) atoms. The van der Waals surface area contributed by atoms with Gasteiger partial charge in [-0.05, 0) is 35.4 Å². The molecule has 6 nitrogen and oxygen atoms in total. The number of benzene rings is 2. The van der Waals surface area contributed by atoms with E-state index in [1.54, 1.807) is 43.3 Å². The Morgan fingerprint density at radius 1 is 0.962 bits per heavy atom. The van der Waals surface area contributed by atoms with E-state index in [1.165, 1.54) is 29.2 Å². The summed E-state index contributed by atoms with van der Waals surface area (Å²) in [5.41, 5.74) is 1.61. The van der Waals surface area contributed by atoms with Crippen LogP contribution in [0.25, 0.3) is 0 Å². The molecule has 2 aromatic carbocycles. The molecular weight excluding hydrogens is 359 g/mol. The molecule has 0 aliphatic rings. The Morgan fingerprint density at radius 2 is 1.42 bits per heavy atom. The molecule has 2 aromatic rings. The topological polar surface area (TPSA) is 66.9 Å². The first-order chi connectivity index (χ1) is 12.1. The van der Waals surface area contributed by atoms with Crippen molar-refractivity contribution >= 4 is 16.1 Å². The molecule has 0 spiro atoms. The van der Waals surface area contributed by atoms with E-state index in [9.17, 15) is 17.6 Å². The summed E-state index contributed by atoms with van der Waals surface area (Å²) in [6, 6.07) is 12.2. The molecule has 0 unspecified atom stereocenters. The second kappa shape index (κ2) is 8.18. The second-order valence-corrected chi connectivity index (χ2v) is 7.67. The van der Waals surface area contributed by atoms with E-state index in [-0.39, 0.29) is 17.6 Å². The number of nitrogens with zero attached hydrogens (tertiary/aromatic N) is 2. The molecule has 0 N–H and O–H groups in total. The minimum atomic E-state index is -3.58. The van der Waals surface area contributed by atoms with Gasteiger partial charge in [-0.2, -0.15) is 8.42 Å². The Labute approximate surface area is 152 Å². The van der Waals surface area contributed by atoms with Crippen molar-refractivity contribution in [1.29, 1.82) is 0 Å². The van der Waals surface area contributed by atoms with Crippen LogP contribution >= 0.6 is 0 Å². The highest BCUT2D eigenvalue weighted by Gasteiger charge is 2.17. The lowest BCUT2D eigenvalue weighted by Gasteiger charge is -2.26. The maximum Gasteiger partial charge on any atom is 0.320 e. The van der Waals surface area contributed by atoms with Crippen molar-refractivity contribution in [2.24, 2.45) is 0 Å². The van der Waals surface area contributed by atoms with Gasteiger partial charge in [0.2, 0.25) is 0 Å². The summed E-state index contributed by atoms with van der Waals surface area (Å²) < 4.78 is 40.2. The van der Waals surface area contributed by atoms with E-state index in [0.717, 1.165) is 17.4 Å². The second-order valence-electron chi connectivity index (χ2n) is 6.09. The van der Waals surface area contributed by atoms with E-state index in [0.29, 0.717) is 13.1 Å². The molecule has 0 saturated heterocycles. The van der Waals surface area contributed by atoms with Crippen molar-refractivity contribution in [3.05, 3.63) is 65.5 Å². The highest BCUT2D eigenvalue weighted by atomic mass is 32.2. The highest BCUT2D eigenvalue weighted by Crippen LogP contribution is 2.17. The Balaban J connectivity index is 2.15. The first kappa shape index (κ1) is 19.7. The predicted octanol–water partition coefficient (Wildman–Crippen LogP) is 2.85. The number of amides is 2. The predicted molar refractivity (Wildman–Crippen MR) is 96.6 cm³/mol. The number of carbonyl (C=O) groups is 1. The smallest absolute Gasteiger partial charge is 0.320 e. The van der Waals surface area contributed by atoms with Crippen LogP contribution in [-0.4, -0.2) is 44.6 Å². The molecule has 2 amide bonds. The summed E-state index contributed by atoms with van der Waals surface area (Å²) in [6.45, 7) is 0.631. The Morgan fingerprint density at radius 3 is 1.85 bits per heavy atom. The zero-order valence-corrected chi connectivity index (χ0v) is 15.7. The van der Waals surface area contributed by atoms with Crippen molar-refractivity contribution in [3.63, 3.8) is 0 Å². The van der Waals surface area contributed by atoms with Crippen molar-refractivity contribution in [3.8, 4) is 5.75 Å². The Hall–Kier alpha value is -2.61. The zero-order chi connectivity index (χ0) is 19.3. The van der Waals surface area contributed by atoms with Crippen molar-refractivity contribution in [1.82, 2.24) is 9.80 Å². The number of carbonyl (C=O) groups excluding carboxylic acids is 1. The number of rotatable bonds is 6. The molecule has 2 rings (SSSR count). The Kier molecular flexibility index (Phi) is 6.20. The van der Waals surface area contributed by atoms with Gasteiger partial charge in [0.15, 0.2) is 0 Å². The third-order valence-electron chi connectivity index (χ3n) is 3.48. The van der Waals surface area contributed by atoms with Crippen molar-refractivity contribution < 1.29 is 21.8 Å². The van der Waals surface area contributed by atoms with Crippen LogP contribution in [0.4, 0.5) is 9.18 Å². The number of urea groups is 1. The maximum absolute atomic E-state index is 13.1. The van der Waals surface area contributed by atoms with E-state index >= 15 is 0 Å². The van der Waals surface area contributed by atoms with E-state index < -0.39 is 10.1 Å². The van der Waals surface area contributed by atoms with Crippen LogP contribution in [0.15, 0.2) is 48.5 Å². The van der Waals surface area contributed by atoms with Crippen LogP contribution < -0.4 is 4.18 Å². The maximum atomic E-state index is 13.1. The average Bonchev–Trinajstić information content (AvgIpc) is 2.56. The molecule has 0 heterocycles. The van der Waals surface area contributed by atoms with E-state index in [2.05, 4.69) is 0 Å². The van der Waals surface area contributed by atoms with Crippen molar-refractivity contribution in [2.75, 3.05) is 20.4 Å². The van der Waals surface area contributed by atoms with Gasteiger partial charge in [-0.3, -0.25) is 0 Å². The standard InChI is InChI=1S/C18H21FN2O4S/c1-20(2)18(22)21(12-14-4-8-16(19)9-5-14)13-15-6-10-17(11-7-15)25-26(3,23)24/h4-11H,12-13H2,1-3H3. The minimum Gasteiger partial charge on any atom is -0.383 e. The van der Waals surface area contributed by atoms with Gasteiger partial charge in [0, 0.05) is 27.2 Å². The third-order valence-corrected chi connectivity index (χ3v) is 3.98. The van der Waals surface area contributed by atoms with Crippen LogP contribution in [0.2, 0.25) is 0 Å². The summed E-state index contributed by atoms with van der Waals surface area (Å²) >= 11 is 0. The zero-order valence-electron chi connectivity index (χ0n) is 14.8. The first-order valence-electron chi connectivity index (χ1n) is 7.83. The highest BCUT2D eigenvalue weighted by molar-refractivity contribution is 7.86. The van der Waals surface area contributed by atoms with Gasteiger partial charge in [-0.25, -0.2) is 9.18 Å². The summed E-state index contributed by atoms with van der Waals surface area (Å²) in [5, 5.41) is 0. The lowest BCUT2D eigenvalue weighted by Crippen LogP contribution is -2.38. The van der Waals surface area contributed by atoms with Gasteiger partial charge in [0.05, 0.1) is 6.26 Å². The quantitative estimate of drug-likeness (QED) is 0.723. The molecule has 0 fully saturated rings. The minimum absolute atomic E-state index is 0.189. The molecular formula is C18H21FN2O4S. The molecule has 0 aromatic heterocycles. The summed E-state index contributed by atoms with van der Waals surface area (Å²) in [4.78, 5) is 15.5. The first-order valence-corrected chi connectivity index (χ1v) is 9.65. The number of hydrogen-bond donors (Lipinski definition) is 0. The summed E-state index contributed by atoms with van der Waals surface area (Å²) in [6.07, 6.45) is 0.973. The molecule has 0 aliphatic heterocycles. The fourth-order valence-corrected chi connectivity index (χ4v) is 2.79. The average molecular weight is 380 g/mol. The molecule has 0 radical (unpaired) electrons. The largest absolute Gasteiger partial charge is 0.383 e. The molecule has 0 saturated carbocycles. The molecule has 140 valence electrons. The number of hydrogen-bond acceptors (Lipinski definition) is 4. The van der Waals surface area contributed by atoms with E-state index in [4.69, 9.17) is 4.18 Å². The fraction of sp³-hybridized carbons (Fsp3) is 0.278.